The van der Waals surface area contributed by atoms with Gasteiger partial charge in [-0.2, -0.15) is 0 Å². The minimum Gasteiger partial charge on any atom is -0.364 e. The molecule has 1 atom stereocenters. The van der Waals surface area contributed by atoms with Crippen LogP contribution in [0.4, 0.5) is 11.6 Å². The van der Waals surface area contributed by atoms with Crippen LogP contribution in [0.1, 0.15) is 25.6 Å². The number of aromatic nitrogens is 7. The molecule has 0 aliphatic carbocycles. The molecule has 1 N–H and O–H groups in total. The highest BCUT2D eigenvalue weighted by Crippen LogP contribution is 2.27. The zero-order chi connectivity index (χ0) is 21.2. The van der Waals surface area contributed by atoms with Gasteiger partial charge in [0, 0.05) is 44.3 Å². The number of pyridine rings is 1. The molecule has 158 valence electrons. The number of aryl methyl sites for hydroxylation is 2. The highest BCUT2D eigenvalue weighted by atomic mass is 15.2. The van der Waals surface area contributed by atoms with E-state index in [1.165, 1.54) is 0 Å². The van der Waals surface area contributed by atoms with Crippen molar-refractivity contribution in [3.8, 4) is 11.4 Å². The number of hydrogen-bond acceptors (Lipinski definition) is 8. The Bertz CT molecular complexity index is 1170. The Kier molecular flexibility index (Phi) is 5.15. The van der Waals surface area contributed by atoms with Gasteiger partial charge in [-0.3, -0.25) is 0 Å². The SMILES string of the molecule is CCn1c(-c2cnc(C)nc2)nc2c(NC3CCCN(c4ccccn4)C3)ncnc21. The maximum absolute atomic E-state index is 4.90. The molecule has 0 radical (unpaired) electrons. The zero-order valence-electron chi connectivity index (χ0n) is 17.7. The van der Waals surface area contributed by atoms with Crippen molar-refractivity contribution in [2.75, 3.05) is 23.3 Å². The van der Waals surface area contributed by atoms with Crippen LogP contribution in [-0.4, -0.2) is 53.6 Å². The molecule has 9 heteroatoms. The van der Waals surface area contributed by atoms with Crippen molar-refractivity contribution < 1.29 is 0 Å². The summed E-state index contributed by atoms with van der Waals surface area (Å²) in [5, 5.41) is 3.62. The second-order valence-electron chi connectivity index (χ2n) is 7.71. The number of piperidine rings is 1. The summed E-state index contributed by atoms with van der Waals surface area (Å²) < 4.78 is 2.08. The van der Waals surface area contributed by atoms with Crippen molar-refractivity contribution in [1.82, 2.24) is 34.5 Å². The summed E-state index contributed by atoms with van der Waals surface area (Å²) in [4.78, 5) is 29.4. The van der Waals surface area contributed by atoms with Gasteiger partial charge in [-0.15, -0.1) is 0 Å². The molecule has 5 heterocycles. The van der Waals surface area contributed by atoms with E-state index >= 15 is 0 Å². The van der Waals surface area contributed by atoms with Crippen molar-refractivity contribution in [2.45, 2.75) is 39.3 Å². The van der Waals surface area contributed by atoms with Crippen LogP contribution in [-0.2, 0) is 6.54 Å². The number of nitrogens with one attached hydrogen (secondary N) is 1. The molecule has 0 amide bonds. The number of imidazole rings is 1. The van der Waals surface area contributed by atoms with E-state index in [2.05, 4.69) is 52.7 Å². The molecule has 1 saturated heterocycles. The summed E-state index contributed by atoms with van der Waals surface area (Å²) in [6.07, 6.45) is 9.23. The second-order valence-corrected chi connectivity index (χ2v) is 7.71. The first kappa shape index (κ1) is 19.3. The minimum absolute atomic E-state index is 0.256. The van der Waals surface area contributed by atoms with Crippen LogP contribution in [0.2, 0.25) is 0 Å². The normalized spacial score (nSPS) is 16.6. The molecular weight excluding hydrogens is 390 g/mol. The van der Waals surface area contributed by atoms with Crippen molar-refractivity contribution in [3.05, 3.63) is 48.9 Å². The lowest BCUT2D eigenvalue weighted by molar-refractivity contribution is 0.526. The fourth-order valence-electron chi connectivity index (χ4n) is 4.11. The monoisotopic (exact) mass is 415 g/mol. The van der Waals surface area contributed by atoms with Gasteiger partial charge in [0.05, 0.1) is 5.56 Å². The van der Waals surface area contributed by atoms with E-state index in [1.54, 1.807) is 6.33 Å². The molecular formula is C22H25N9. The average Bonchev–Trinajstić information content (AvgIpc) is 3.20. The van der Waals surface area contributed by atoms with Gasteiger partial charge in [-0.25, -0.2) is 29.9 Å². The van der Waals surface area contributed by atoms with Gasteiger partial charge in [-0.1, -0.05) is 6.07 Å². The smallest absolute Gasteiger partial charge is 0.165 e. The van der Waals surface area contributed by atoms with E-state index < -0.39 is 0 Å². The first-order valence-electron chi connectivity index (χ1n) is 10.7. The van der Waals surface area contributed by atoms with E-state index in [-0.39, 0.29) is 6.04 Å². The van der Waals surface area contributed by atoms with Crippen molar-refractivity contribution in [2.24, 2.45) is 0 Å². The molecule has 1 fully saturated rings. The Hall–Kier alpha value is -3.62. The van der Waals surface area contributed by atoms with Crippen LogP contribution >= 0.6 is 0 Å². The topological polar surface area (TPSA) is 97.5 Å². The van der Waals surface area contributed by atoms with Gasteiger partial charge in [-0.05, 0) is 38.8 Å². The molecule has 1 unspecified atom stereocenters. The summed E-state index contributed by atoms with van der Waals surface area (Å²) in [6.45, 7) is 6.58. The highest BCUT2D eigenvalue weighted by Gasteiger charge is 2.23. The van der Waals surface area contributed by atoms with E-state index in [1.807, 2.05) is 37.6 Å². The molecule has 0 aromatic carbocycles. The number of hydrogen-bond donors (Lipinski definition) is 1. The summed E-state index contributed by atoms with van der Waals surface area (Å²) in [5.41, 5.74) is 2.46. The van der Waals surface area contributed by atoms with Crippen molar-refractivity contribution >= 4 is 22.8 Å². The molecule has 1 aliphatic heterocycles. The van der Waals surface area contributed by atoms with Crippen molar-refractivity contribution in [1.29, 1.82) is 0 Å². The van der Waals surface area contributed by atoms with Crippen LogP contribution in [0.5, 0.6) is 0 Å². The first-order chi connectivity index (χ1) is 15.2. The minimum atomic E-state index is 0.256. The Labute approximate surface area is 180 Å². The number of nitrogens with zero attached hydrogens (tertiary/aromatic N) is 8. The molecule has 31 heavy (non-hydrogen) atoms. The third-order valence-electron chi connectivity index (χ3n) is 5.62. The lowest BCUT2D eigenvalue weighted by Gasteiger charge is -2.34. The molecule has 0 saturated carbocycles. The number of rotatable bonds is 5. The maximum Gasteiger partial charge on any atom is 0.165 e. The standard InChI is InChI=1S/C22H25N9/c1-3-31-21(16-11-24-15(2)25-12-16)29-19-20(26-14-27-22(19)31)28-17-7-6-10-30(13-17)18-8-4-5-9-23-18/h4-5,8-9,11-12,14,17H,3,6-7,10,13H2,1-2H3,(H,26,27,28). The largest absolute Gasteiger partial charge is 0.364 e. The van der Waals surface area contributed by atoms with E-state index in [0.29, 0.717) is 0 Å². The first-order valence-corrected chi connectivity index (χ1v) is 10.7. The molecule has 4 aromatic rings. The maximum atomic E-state index is 4.90. The summed E-state index contributed by atoms with van der Waals surface area (Å²) >= 11 is 0. The lowest BCUT2D eigenvalue weighted by Crippen LogP contribution is -2.42. The van der Waals surface area contributed by atoms with Crippen LogP contribution in [0.3, 0.4) is 0 Å². The Morgan fingerprint density at radius 3 is 2.74 bits per heavy atom. The number of fused-ring (bicyclic) bond motifs is 1. The van der Waals surface area contributed by atoms with E-state index in [9.17, 15) is 0 Å². The van der Waals surface area contributed by atoms with Gasteiger partial charge >= 0.3 is 0 Å². The Morgan fingerprint density at radius 2 is 1.97 bits per heavy atom. The quantitative estimate of drug-likeness (QED) is 0.531. The zero-order valence-corrected chi connectivity index (χ0v) is 17.7. The fraction of sp³-hybridized carbons (Fsp3) is 0.364. The predicted molar refractivity (Wildman–Crippen MR) is 120 cm³/mol. The Morgan fingerprint density at radius 1 is 1.10 bits per heavy atom. The molecule has 1 aliphatic rings. The molecule has 0 spiro atoms. The fourth-order valence-corrected chi connectivity index (χ4v) is 4.11. The van der Waals surface area contributed by atoms with Gasteiger partial charge in [0.1, 0.15) is 23.8 Å². The van der Waals surface area contributed by atoms with Crippen LogP contribution in [0.15, 0.2) is 43.1 Å². The number of anilines is 2. The third-order valence-corrected chi connectivity index (χ3v) is 5.62. The molecule has 0 bridgehead atoms. The van der Waals surface area contributed by atoms with Gasteiger partial charge < -0.3 is 14.8 Å². The summed E-state index contributed by atoms with van der Waals surface area (Å²) in [5.74, 6) is 3.32. The average molecular weight is 416 g/mol. The highest BCUT2D eigenvalue weighted by molar-refractivity contribution is 5.86. The van der Waals surface area contributed by atoms with E-state index in [0.717, 1.165) is 72.5 Å². The summed E-state index contributed by atoms with van der Waals surface area (Å²) in [6, 6.07) is 6.29. The van der Waals surface area contributed by atoms with Crippen LogP contribution in [0.25, 0.3) is 22.6 Å². The Balaban J connectivity index is 1.46. The van der Waals surface area contributed by atoms with Crippen LogP contribution < -0.4 is 10.2 Å². The predicted octanol–water partition coefficient (Wildman–Crippen LogP) is 3.09. The van der Waals surface area contributed by atoms with E-state index in [4.69, 9.17) is 4.98 Å². The lowest BCUT2D eigenvalue weighted by atomic mass is 10.1. The van der Waals surface area contributed by atoms with Crippen LogP contribution in [0, 0.1) is 6.92 Å². The molecule has 5 rings (SSSR count). The molecule has 4 aromatic heterocycles. The third kappa shape index (κ3) is 3.78. The molecule has 9 nitrogen and oxygen atoms in total. The summed E-state index contributed by atoms with van der Waals surface area (Å²) in [7, 11) is 0. The van der Waals surface area contributed by atoms with Gasteiger partial charge in [0.25, 0.3) is 0 Å². The second kappa shape index (κ2) is 8.25. The van der Waals surface area contributed by atoms with Crippen molar-refractivity contribution in [3.63, 3.8) is 0 Å². The van der Waals surface area contributed by atoms with Gasteiger partial charge in [0.2, 0.25) is 0 Å². The van der Waals surface area contributed by atoms with Gasteiger partial charge in [0.15, 0.2) is 17.0 Å².